The first-order valence-corrected chi connectivity index (χ1v) is 8.93. The summed E-state index contributed by atoms with van der Waals surface area (Å²) in [6.07, 6.45) is 1.86. The predicted molar refractivity (Wildman–Crippen MR) is 95.1 cm³/mol. The number of carboxylic acid groups (broad SMARTS) is 1. The zero-order valence-electron chi connectivity index (χ0n) is 14.9. The van der Waals surface area contributed by atoms with Crippen LogP contribution >= 0.6 is 0 Å². The smallest absolute Gasteiger partial charge is 0.310 e. The molecule has 0 atom stereocenters. The summed E-state index contributed by atoms with van der Waals surface area (Å²) < 4.78 is 5.28. The Labute approximate surface area is 152 Å². The third-order valence-electron chi connectivity index (χ3n) is 5.40. The largest absolute Gasteiger partial charge is 0.481 e. The highest BCUT2D eigenvalue weighted by Crippen LogP contribution is 2.44. The van der Waals surface area contributed by atoms with Crippen LogP contribution in [0.25, 0.3) is 0 Å². The van der Waals surface area contributed by atoms with Gasteiger partial charge in [-0.1, -0.05) is 12.5 Å². The topological polar surface area (TPSA) is 95.9 Å². The lowest BCUT2D eigenvalue weighted by atomic mass is 9.66. The molecule has 1 aromatic carbocycles. The molecule has 2 amide bonds. The summed E-state index contributed by atoms with van der Waals surface area (Å²) in [5.41, 5.74) is 0.852. The number of carboxylic acids is 1. The Kier molecular flexibility index (Phi) is 5.27. The van der Waals surface area contributed by atoms with Gasteiger partial charge >= 0.3 is 5.97 Å². The van der Waals surface area contributed by atoms with Gasteiger partial charge in [-0.3, -0.25) is 14.4 Å². The Morgan fingerprint density at radius 3 is 2.50 bits per heavy atom. The van der Waals surface area contributed by atoms with Crippen LogP contribution in [-0.4, -0.2) is 54.1 Å². The molecule has 3 rings (SSSR count). The molecule has 2 fully saturated rings. The maximum absolute atomic E-state index is 12.7. The van der Waals surface area contributed by atoms with E-state index in [0.29, 0.717) is 56.0 Å². The van der Waals surface area contributed by atoms with E-state index in [4.69, 9.17) is 4.74 Å². The molecular weight excluding hydrogens is 336 g/mol. The highest BCUT2D eigenvalue weighted by Gasteiger charge is 2.45. The zero-order valence-corrected chi connectivity index (χ0v) is 14.9. The first kappa shape index (κ1) is 18.4. The van der Waals surface area contributed by atoms with Gasteiger partial charge in [-0.25, -0.2) is 0 Å². The van der Waals surface area contributed by atoms with E-state index in [1.165, 1.54) is 0 Å². The lowest BCUT2D eigenvalue weighted by Gasteiger charge is -2.37. The van der Waals surface area contributed by atoms with Crippen molar-refractivity contribution in [3.05, 3.63) is 29.3 Å². The van der Waals surface area contributed by atoms with Crippen molar-refractivity contribution in [3.8, 4) is 0 Å². The van der Waals surface area contributed by atoms with Gasteiger partial charge in [0.2, 0.25) is 5.91 Å². The zero-order chi connectivity index (χ0) is 18.7. The van der Waals surface area contributed by atoms with Gasteiger partial charge in [0.15, 0.2) is 0 Å². The number of ether oxygens (including phenoxy) is 1. The lowest BCUT2D eigenvalue weighted by Crippen LogP contribution is -2.41. The monoisotopic (exact) mass is 360 g/mol. The molecule has 2 aliphatic rings. The third kappa shape index (κ3) is 3.58. The maximum Gasteiger partial charge on any atom is 0.310 e. The van der Waals surface area contributed by atoms with Crippen molar-refractivity contribution < 1.29 is 24.2 Å². The molecule has 1 aliphatic carbocycles. The average Bonchev–Trinajstić information content (AvgIpc) is 2.60. The normalized spacial score (nSPS) is 18.7. The van der Waals surface area contributed by atoms with Crippen LogP contribution in [0.1, 0.15) is 41.6 Å². The Morgan fingerprint density at radius 2 is 1.92 bits per heavy atom. The fourth-order valence-electron chi connectivity index (χ4n) is 3.51. The molecule has 0 bridgehead atoms. The molecule has 0 aromatic heterocycles. The van der Waals surface area contributed by atoms with E-state index in [1.807, 2.05) is 0 Å². The molecule has 1 saturated carbocycles. The first-order chi connectivity index (χ1) is 12.4. The van der Waals surface area contributed by atoms with Gasteiger partial charge in [0.25, 0.3) is 5.91 Å². The fourth-order valence-corrected chi connectivity index (χ4v) is 3.51. The summed E-state index contributed by atoms with van der Waals surface area (Å²) in [6, 6.07) is 5.21. The van der Waals surface area contributed by atoms with Gasteiger partial charge in [-0.05, 0) is 37.5 Å². The minimum absolute atomic E-state index is 0.0383. The molecule has 1 saturated heterocycles. The molecule has 7 heteroatoms. The van der Waals surface area contributed by atoms with Crippen LogP contribution in [0.15, 0.2) is 18.2 Å². The maximum atomic E-state index is 12.7. The first-order valence-electron chi connectivity index (χ1n) is 8.93. The summed E-state index contributed by atoms with van der Waals surface area (Å²) in [6.45, 7) is 3.95. The number of rotatable bonds is 5. The van der Waals surface area contributed by atoms with Gasteiger partial charge in [0.05, 0.1) is 18.6 Å². The SMILES string of the molecule is Cc1c(NC(=O)CC2(C(=O)O)CCC2)cccc1C(=O)N1CCOCC1. The van der Waals surface area contributed by atoms with Crippen LogP contribution in [0.2, 0.25) is 0 Å². The van der Waals surface area contributed by atoms with E-state index in [0.717, 1.165) is 6.42 Å². The fraction of sp³-hybridized carbons (Fsp3) is 0.526. The molecule has 7 nitrogen and oxygen atoms in total. The Morgan fingerprint density at radius 1 is 1.23 bits per heavy atom. The molecule has 1 heterocycles. The molecule has 0 unspecified atom stereocenters. The minimum atomic E-state index is -0.931. The van der Waals surface area contributed by atoms with E-state index in [1.54, 1.807) is 30.0 Å². The van der Waals surface area contributed by atoms with Crippen LogP contribution in [0.5, 0.6) is 0 Å². The van der Waals surface area contributed by atoms with Gasteiger partial charge < -0.3 is 20.1 Å². The van der Waals surface area contributed by atoms with Crippen molar-refractivity contribution in [3.63, 3.8) is 0 Å². The van der Waals surface area contributed by atoms with E-state index >= 15 is 0 Å². The predicted octanol–water partition coefficient (Wildman–Crippen LogP) is 2.05. The van der Waals surface area contributed by atoms with Gasteiger partial charge in [-0.15, -0.1) is 0 Å². The number of carbonyl (C=O) groups is 3. The van der Waals surface area contributed by atoms with Crippen molar-refractivity contribution in [2.75, 3.05) is 31.6 Å². The van der Waals surface area contributed by atoms with Crippen LogP contribution < -0.4 is 5.32 Å². The quantitative estimate of drug-likeness (QED) is 0.838. The molecule has 140 valence electrons. The number of carbonyl (C=O) groups excluding carboxylic acids is 2. The van der Waals surface area contributed by atoms with Crippen LogP contribution in [0, 0.1) is 12.3 Å². The number of aliphatic carboxylic acids is 1. The van der Waals surface area contributed by atoms with E-state index in [2.05, 4.69) is 5.32 Å². The lowest BCUT2D eigenvalue weighted by molar-refractivity contribution is -0.157. The van der Waals surface area contributed by atoms with Crippen molar-refractivity contribution in [1.29, 1.82) is 0 Å². The number of hydrogen-bond donors (Lipinski definition) is 2. The highest BCUT2D eigenvalue weighted by atomic mass is 16.5. The molecule has 1 aliphatic heterocycles. The summed E-state index contributed by atoms with van der Waals surface area (Å²) >= 11 is 0. The second kappa shape index (κ2) is 7.45. The summed E-state index contributed by atoms with van der Waals surface area (Å²) in [4.78, 5) is 38.3. The van der Waals surface area contributed by atoms with E-state index in [9.17, 15) is 19.5 Å². The third-order valence-corrected chi connectivity index (χ3v) is 5.40. The standard InChI is InChI=1S/C19H24N2O5/c1-13-14(17(23)21-8-10-26-11-9-21)4-2-5-15(13)20-16(22)12-19(18(24)25)6-3-7-19/h2,4-5H,3,6-12H2,1H3,(H,20,22)(H,24,25). The Hall–Kier alpha value is -2.41. The number of anilines is 1. The molecular formula is C19H24N2O5. The second-order valence-corrected chi connectivity index (χ2v) is 7.05. The molecule has 0 spiro atoms. The van der Waals surface area contributed by atoms with Crippen molar-refractivity contribution in [1.82, 2.24) is 4.90 Å². The second-order valence-electron chi connectivity index (χ2n) is 7.05. The summed E-state index contributed by atoms with van der Waals surface area (Å²) in [5, 5.41) is 12.2. The number of nitrogens with one attached hydrogen (secondary N) is 1. The Bertz CT molecular complexity index is 721. The van der Waals surface area contributed by atoms with Crippen LogP contribution in [-0.2, 0) is 14.3 Å². The van der Waals surface area contributed by atoms with Crippen molar-refractivity contribution in [2.45, 2.75) is 32.6 Å². The van der Waals surface area contributed by atoms with Gasteiger partial charge in [0, 0.05) is 30.8 Å². The van der Waals surface area contributed by atoms with E-state index in [-0.39, 0.29) is 18.2 Å². The van der Waals surface area contributed by atoms with Crippen LogP contribution in [0.3, 0.4) is 0 Å². The number of amides is 2. The highest BCUT2D eigenvalue weighted by molar-refractivity contribution is 6.00. The molecule has 26 heavy (non-hydrogen) atoms. The van der Waals surface area contributed by atoms with Gasteiger partial charge in [-0.2, -0.15) is 0 Å². The minimum Gasteiger partial charge on any atom is -0.481 e. The van der Waals surface area contributed by atoms with Gasteiger partial charge in [0.1, 0.15) is 0 Å². The number of benzene rings is 1. The number of nitrogens with zero attached hydrogens (tertiary/aromatic N) is 1. The van der Waals surface area contributed by atoms with Crippen molar-refractivity contribution >= 4 is 23.5 Å². The number of morpholine rings is 1. The summed E-state index contributed by atoms with van der Waals surface area (Å²) in [5.74, 6) is -1.32. The van der Waals surface area contributed by atoms with Crippen molar-refractivity contribution in [2.24, 2.45) is 5.41 Å². The molecule has 1 aromatic rings. The molecule has 0 radical (unpaired) electrons. The van der Waals surface area contributed by atoms with E-state index < -0.39 is 11.4 Å². The van der Waals surface area contributed by atoms with Crippen LogP contribution in [0.4, 0.5) is 5.69 Å². The number of hydrogen-bond acceptors (Lipinski definition) is 4. The molecule has 2 N–H and O–H groups in total. The Balaban J connectivity index is 1.71. The average molecular weight is 360 g/mol. The summed E-state index contributed by atoms with van der Waals surface area (Å²) in [7, 11) is 0.